The molecule has 2 heterocycles. The molecule has 0 aliphatic carbocycles. The number of H-pyrrole nitrogens is 1. The lowest BCUT2D eigenvalue weighted by Gasteiger charge is -2.02. The van der Waals surface area contributed by atoms with Crippen LogP contribution in [-0.2, 0) is 0 Å². The minimum absolute atomic E-state index is 0.236. The Labute approximate surface area is 133 Å². The van der Waals surface area contributed by atoms with Gasteiger partial charge in [0.05, 0.1) is 16.9 Å². The number of nitrogens with one attached hydrogen (secondary N) is 1. The number of aryl methyl sites for hydroxylation is 1. The minimum Gasteiger partial charge on any atom is -0.305 e. The second kappa shape index (κ2) is 5.25. The average molecular weight is 301 g/mol. The number of aromatic amines is 1. The zero-order valence-corrected chi connectivity index (χ0v) is 12.7. The molecule has 4 heteroatoms. The van der Waals surface area contributed by atoms with Crippen LogP contribution in [-0.4, -0.2) is 14.6 Å². The molecular weight excluding hydrogens is 286 g/mol. The Bertz CT molecular complexity index is 1030. The maximum atomic E-state index is 12.3. The Kier molecular flexibility index (Phi) is 3.08. The standard InChI is InChI=1S/C19H15N3O/c1-13-7-9-15(10-8-13)17-11-16-12-18(14-5-3-2-4-6-14)21-22(16)19(23)20-17/h2-12H,1H3,(H,20,23). The van der Waals surface area contributed by atoms with E-state index in [1.807, 2.05) is 73.7 Å². The number of fused-ring (bicyclic) bond motifs is 1. The van der Waals surface area contributed by atoms with Gasteiger partial charge in [0.1, 0.15) is 0 Å². The third-order valence-electron chi connectivity index (χ3n) is 3.90. The van der Waals surface area contributed by atoms with Crippen molar-refractivity contribution in [3.8, 4) is 22.5 Å². The molecule has 0 saturated heterocycles. The monoisotopic (exact) mass is 301 g/mol. The van der Waals surface area contributed by atoms with Crippen LogP contribution in [0.1, 0.15) is 5.56 Å². The quantitative estimate of drug-likeness (QED) is 0.614. The van der Waals surface area contributed by atoms with Crippen LogP contribution in [0.5, 0.6) is 0 Å². The van der Waals surface area contributed by atoms with Crippen LogP contribution < -0.4 is 5.69 Å². The van der Waals surface area contributed by atoms with E-state index in [0.29, 0.717) is 0 Å². The summed E-state index contributed by atoms with van der Waals surface area (Å²) in [6.07, 6.45) is 0. The van der Waals surface area contributed by atoms with E-state index in [2.05, 4.69) is 10.1 Å². The molecule has 4 rings (SSSR count). The van der Waals surface area contributed by atoms with Gasteiger partial charge in [-0.15, -0.1) is 0 Å². The van der Waals surface area contributed by atoms with Crippen LogP contribution in [0.4, 0.5) is 0 Å². The molecule has 0 amide bonds. The molecule has 0 fully saturated rings. The summed E-state index contributed by atoms with van der Waals surface area (Å²) in [6.45, 7) is 2.04. The number of rotatable bonds is 2. The highest BCUT2D eigenvalue weighted by atomic mass is 16.1. The van der Waals surface area contributed by atoms with Gasteiger partial charge in [0.2, 0.25) is 0 Å². The molecule has 0 saturated carbocycles. The van der Waals surface area contributed by atoms with Gasteiger partial charge in [-0.2, -0.15) is 9.61 Å². The molecule has 0 radical (unpaired) electrons. The molecule has 2 aromatic carbocycles. The van der Waals surface area contributed by atoms with E-state index in [1.54, 1.807) is 0 Å². The van der Waals surface area contributed by atoms with Crippen molar-refractivity contribution in [3.05, 3.63) is 82.8 Å². The summed E-state index contributed by atoms with van der Waals surface area (Å²) in [6, 6.07) is 21.8. The predicted octanol–water partition coefficient (Wildman–Crippen LogP) is 3.67. The van der Waals surface area contributed by atoms with E-state index < -0.39 is 0 Å². The molecule has 1 N–H and O–H groups in total. The normalized spacial score (nSPS) is 11.0. The second-order valence-electron chi connectivity index (χ2n) is 5.59. The van der Waals surface area contributed by atoms with Crippen molar-refractivity contribution in [2.45, 2.75) is 6.92 Å². The summed E-state index contributed by atoms with van der Waals surface area (Å²) in [7, 11) is 0. The predicted molar refractivity (Wildman–Crippen MR) is 91.4 cm³/mol. The van der Waals surface area contributed by atoms with Crippen LogP contribution in [0.3, 0.4) is 0 Å². The SMILES string of the molecule is Cc1ccc(-c2cc3cc(-c4ccccc4)nn3c(=O)[nH]2)cc1. The van der Waals surface area contributed by atoms with E-state index in [9.17, 15) is 4.79 Å². The second-order valence-corrected chi connectivity index (χ2v) is 5.59. The Morgan fingerprint density at radius 1 is 0.913 bits per heavy atom. The Morgan fingerprint density at radius 2 is 1.65 bits per heavy atom. The van der Waals surface area contributed by atoms with Gasteiger partial charge < -0.3 is 4.98 Å². The Balaban J connectivity index is 1.87. The Hall–Kier alpha value is -3.14. The van der Waals surface area contributed by atoms with Gasteiger partial charge in [-0.25, -0.2) is 4.79 Å². The van der Waals surface area contributed by atoms with Crippen LogP contribution >= 0.6 is 0 Å². The van der Waals surface area contributed by atoms with Crippen molar-refractivity contribution in [2.24, 2.45) is 0 Å². The molecule has 0 spiro atoms. The molecule has 2 aromatic heterocycles. The van der Waals surface area contributed by atoms with Crippen LogP contribution in [0.2, 0.25) is 0 Å². The van der Waals surface area contributed by atoms with E-state index in [-0.39, 0.29) is 5.69 Å². The molecular formula is C19H15N3O. The first-order chi connectivity index (χ1) is 11.2. The average Bonchev–Trinajstić information content (AvgIpc) is 3.01. The van der Waals surface area contributed by atoms with Crippen molar-refractivity contribution in [1.82, 2.24) is 14.6 Å². The molecule has 0 aliphatic heterocycles. The topological polar surface area (TPSA) is 50.2 Å². The van der Waals surface area contributed by atoms with E-state index >= 15 is 0 Å². The lowest BCUT2D eigenvalue weighted by atomic mass is 10.1. The number of nitrogens with zero attached hydrogens (tertiary/aromatic N) is 2. The van der Waals surface area contributed by atoms with Gasteiger partial charge in [0.15, 0.2) is 0 Å². The van der Waals surface area contributed by atoms with Crippen molar-refractivity contribution in [3.63, 3.8) is 0 Å². The number of hydrogen-bond donors (Lipinski definition) is 1. The minimum atomic E-state index is -0.236. The molecule has 4 nitrogen and oxygen atoms in total. The van der Waals surface area contributed by atoms with E-state index in [0.717, 1.165) is 28.0 Å². The largest absolute Gasteiger partial charge is 0.347 e. The summed E-state index contributed by atoms with van der Waals surface area (Å²) in [5.41, 5.74) is 5.29. The number of hydrogen-bond acceptors (Lipinski definition) is 2. The zero-order chi connectivity index (χ0) is 15.8. The summed E-state index contributed by atoms with van der Waals surface area (Å²) in [4.78, 5) is 15.2. The first kappa shape index (κ1) is 13.5. The molecule has 4 aromatic rings. The van der Waals surface area contributed by atoms with Crippen molar-refractivity contribution in [2.75, 3.05) is 0 Å². The van der Waals surface area contributed by atoms with Gasteiger partial charge in [0, 0.05) is 5.56 Å². The lowest BCUT2D eigenvalue weighted by Crippen LogP contribution is -2.17. The molecule has 0 aliphatic rings. The van der Waals surface area contributed by atoms with Gasteiger partial charge in [-0.3, -0.25) is 0 Å². The van der Waals surface area contributed by atoms with E-state index in [4.69, 9.17) is 0 Å². The van der Waals surface area contributed by atoms with Crippen molar-refractivity contribution in [1.29, 1.82) is 0 Å². The third-order valence-corrected chi connectivity index (χ3v) is 3.90. The molecule has 112 valence electrons. The molecule has 0 bridgehead atoms. The van der Waals surface area contributed by atoms with Gasteiger partial charge in [0.25, 0.3) is 0 Å². The zero-order valence-electron chi connectivity index (χ0n) is 12.7. The number of benzene rings is 2. The fourth-order valence-corrected chi connectivity index (χ4v) is 2.65. The highest BCUT2D eigenvalue weighted by molar-refractivity contribution is 5.70. The summed E-state index contributed by atoms with van der Waals surface area (Å²) < 4.78 is 1.40. The highest BCUT2D eigenvalue weighted by Gasteiger charge is 2.09. The Morgan fingerprint density at radius 3 is 2.39 bits per heavy atom. The maximum Gasteiger partial charge on any atom is 0.347 e. The summed E-state index contributed by atoms with van der Waals surface area (Å²) in [5, 5.41) is 4.40. The smallest absolute Gasteiger partial charge is 0.305 e. The fraction of sp³-hybridized carbons (Fsp3) is 0.0526. The highest BCUT2D eigenvalue weighted by Crippen LogP contribution is 2.22. The fourth-order valence-electron chi connectivity index (χ4n) is 2.65. The summed E-state index contributed by atoms with van der Waals surface area (Å²) >= 11 is 0. The maximum absolute atomic E-state index is 12.3. The van der Waals surface area contributed by atoms with Crippen LogP contribution in [0, 0.1) is 6.92 Å². The van der Waals surface area contributed by atoms with Gasteiger partial charge >= 0.3 is 5.69 Å². The van der Waals surface area contributed by atoms with Gasteiger partial charge in [-0.1, -0.05) is 60.2 Å². The molecule has 0 atom stereocenters. The molecule has 0 unspecified atom stereocenters. The van der Waals surface area contributed by atoms with Gasteiger partial charge in [-0.05, 0) is 24.6 Å². The van der Waals surface area contributed by atoms with Crippen LogP contribution in [0.25, 0.3) is 28.0 Å². The van der Waals surface area contributed by atoms with Crippen LogP contribution in [0.15, 0.2) is 71.5 Å². The summed E-state index contributed by atoms with van der Waals surface area (Å²) in [5.74, 6) is 0. The van der Waals surface area contributed by atoms with Crippen molar-refractivity contribution < 1.29 is 0 Å². The first-order valence-corrected chi connectivity index (χ1v) is 7.46. The lowest BCUT2D eigenvalue weighted by molar-refractivity contribution is 0.874. The number of aromatic nitrogens is 3. The first-order valence-electron chi connectivity index (χ1n) is 7.46. The third kappa shape index (κ3) is 2.44. The van der Waals surface area contributed by atoms with E-state index in [1.165, 1.54) is 10.1 Å². The molecule has 23 heavy (non-hydrogen) atoms. The van der Waals surface area contributed by atoms with Crippen molar-refractivity contribution >= 4 is 5.52 Å².